The number of carbonyl (C=O) groups is 5. The molecule has 4 N–H and O–H groups in total. The molecule has 0 aromatic heterocycles. The highest BCUT2D eigenvalue weighted by atomic mass is 127. The molecule has 0 aliphatic carbocycles. The first-order chi connectivity index (χ1) is 57.2. The zero-order valence-electron chi connectivity index (χ0n) is 65.2. The lowest BCUT2D eigenvalue weighted by molar-refractivity contribution is -0.385. The van der Waals surface area contributed by atoms with Crippen molar-refractivity contribution in [2.24, 2.45) is 0 Å². The molecule has 0 saturated carbocycles. The van der Waals surface area contributed by atoms with E-state index in [1.165, 1.54) is 122 Å². The molecule has 0 spiro atoms. The molecule has 12 rings (SSSR count). The first kappa shape index (κ1) is 96.2. The fourth-order valence-corrected chi connectivity index (χ4v) is 14.9. The third-order valence-electron chi connectivity index (χ3n) is 16.2. The number of aryl methyl sites for hydroxylation is 5. The Balaban J connectivity index is 0.000000223. The number of amides is 1. The minimum absolute atomic E-state index is 0.0263. The number of nitro groups is 5. The van der Waals surface area contributed by atoms with Gasteiger partial charge in [-0.05, 0) is 212 Å². The van der Waals surface area contributed by atoms with Crippen molar-refractivity contribution in [1.29, 1.82) is 0 Å². The molecule has 0 atom stereocenters. The molecule has 34 heteroatoms. The molecule has 0 radical (unpaired) electrons. The van der Waals surface area contributed by atoms with Crippen LogP contribution in [0.25, 0.3) is 0 Å². The zero-order valence-corrected chi connectivity index (χ0v) is 72.3. The molecule has 27 nitrogen and oxygen atoms in total. The predicted molar refractivity (Wildman–Crippen MR) is 476 cm³/mol. The Morgan fingerprint density at radius 1 is 0.383 bits per heavy atom. The number of rotatable bonds is 21. The molecule has 12 aromatic rings. The van der Waals surface area contributed by atoms with Gasteiger partial charge >= 0.3 is 17.9 Å². The van der Waals surface area contributed by atoms with E-state index in [0.717, 1.165) is 71.4 Å². The molecule has 0 heterocycles. The second kappa shape index (κ2) is 48.3. The Bertz CT molecular complexity index is 5610. The summed E-state index contributed by atoms with van der Waals surface area (Å²) in [6, 6.07) is 72.9. The van der Waals surface area contributed by atoms with Crippen LogP contribution in [0.4, 0.5) is 39.8 Å². The Morgan fingerprint density at radius 2 is 0.683 bits per heavy atom. The number of thiol groups is 1. The van der Waals surface area contributed by atoms with Crippen molar-refractivity contribution < 1.29 is 72.6 Å². The van der Waals surface area contributed by atoms with Gasteiger partial charge in [-0.2, -0.15) is 0 Å². The molecule has 0 aliphatic rings. The fourth-order valence-electron chi connectivity index (χ4n) is 10.1. The molecule has 0 bridgehead atoms. The van der Waals surface area contributed by atoms with Crippen LogP contribution < -0.4 is 20.5 Å². The monoisotopic (exact) mass is 1850 g/mol. The van der Waals surface area contributed by atoms with E-state index in [4.69, 9.17) is 36.7 Å². The largest absolute Gasteiger partial charge is 0.495 e. The molecular formula is C86H75ClIN7O20S5. The Morgan fingerprint density at radius 3 is 1.03 bits per heavy atom. The third-order valence-corrected chi connectivity index (χ3v) is 23.0. The molecule has 0 fully saturated rings. The number of esters is 2. The standard InChI is InChI=1S/C21H18N2O4S.C15H13NO4S.C14H10ClNO3S.C14H11NO4S.C8H8O2S.C7H6INO2.C7H9NO/c1-14-13-15(23(25)26)11-12-19(14)28-20-10-6-3-7-16(20)21(24)22-17-8-4-5-9-18(17)27-2;1-10-9-11(16(18)19)7-8-13(10)21-14-6-4-3-5-12(14)15(17)20-2;1-9-8-10(16(18)19)6-7-12(9)20-13-5-3-2-4-11(13)14(15)17;1-9-8-10(15(18)19)6-7-12(9)20-13-5-3-2-4-11(13)14(16)17;1-10-8(9)6-4-2-3-5-7(6)11;1-5-4-6(9(10)11)2-3-7(5)8;1-9-7-5-3-2-4-6(7)8/h3-13H,1-2H3,(H,22,24);3-9H,1-2H3;2-8H,1H3;2-8H,1H3,(H,16,17);2-5,11H,1H3;2-4H,1H3;2-5H,8H2,1H3. The number of para-hydroxylation sites is 4. The summed E-state index contributed by atoms with van der Waals surface area (Å²) < 4.78 is 20.5. The lowest BCUT2D eigenvalue weighted by atomic mass is 10.2. The minimum atomic E-state index is -0.993. The first-order valence-corrected chi connectivity index (χ1v) is 40.1. The summed E-state index contributed by atoms with van der Waals surface area (Å²) in [7, 11) is 5.83. The number of methoxy groups -OCH3 is 4. The van der Waals surface area contributed by atoms with Gasteiger partial charge in [0.1, 0.15) is 11.5 Å². The van der Waals surface area contributed by atoms with E-state index in [1.54, 1.807) is 168 Å². The molecule has 120 heavy (non-hydrogen) atoms. The van der Waals surface area contributed by atoms with Gasteiger partial charge in [0, 0.05) is 114 Å². The van der Waals surface area contributed by atoms with Gasteiger partial charge in [0.15, 0.2) is 0 Å². The van der Waals surface area contributed by atoms with Gasteiger partial charge in [0.05, 0.1) is 86.7 Å². The number of carbonyl (C=O) groups excluding carboxylic acids is 4. The molecule has 618 valence electrons. The number of benzene rings is 12. The average molecular weight is 1850 g/mol. The smallest absolute Gasteiger partial charge is 0.339 e. The molecule has 0 unspecified atom stereocenters. The number of non-ortho nitro benzene ring substituents is 5. The van der Waals surface area contributed by atoms with Crippen molar-refractivity contribution in [1.82, 2.24) is 0 Å². The Labute approximate surface area is 730 Å². The van der Waals surface area contributed by atoms with Crippen LogP contribution in [-0.2, 0) is 9.47 Å². The number of nitrogens with two attached hydrogens (primary N) is 1. The second-order valence-electron chi connectivity index (χ2n) is 24.4. The number of hydrogen-bond donors (Lipinski definition) is 4. The first-order valence-electron chi connectivity index (χ1n) is 34.9. The van der Waals surface area contributed by atoms with E-state index < -0.39 is 36.9 Å². The van der Waals surface area contributed by atoms with Gasteiger partial charge in [0.25, 0.3) is 39.6 Å². The highest BCUT2D eigenvalue weighted by Crippen LogP contribution is 2.39. The molecule has 0 saturated heterocycles. The van der Waals surface area contributed by atoms with Crippen molar-refractivity contribution in [3.8, 4) is 11.5 Å². The number of halogens is 2. The van der Waals surface area contributed by atoms with E-state index in [1.807, 2.05) is 80.6 Å². The molecule has 1 amide bonds. The van der Waals surface area contributed by atoms with Crippen LogP contribution in [0.3, 0.4) is 0 Å². The van der Waals surface area contributed by atoms with Gasteiger partial charge < -0.3 is 35.1 Å². The van der Waals surface area contributed by atoms with Gasteiger partial charge in [-0.25, -0.2) is 14.4 Å². The minimum Gasteiger partial charge on any atom is -0.495 e. The van der Waals surface area contributed by atoms with Gasteiger partial charge in [-0.1, -0.05) is 132 Å². The van der Waals surface area contributed by atoms with E-state index >= 15 is 0 Å². The quantitative estimate of drug-likeness (QED) is 0.00987. The molecule has 0 aliphatic heterocycles. The third kappa shape index (κ3) is 29.5. The number of nitrogens with one attached hydrogen (secondary N) is 1. The average Bonchev–Trinajstić information content (AvgIpc) is 0.843. The maximum atomic E-state index is 12.9. The lowest BCUT2D eigenvalue weighted by Gasteiger charge is -2.13. The number of hydrogen-bond acceptors (Lipinski definition) is 25. The summed E-state index contributed by atoms with van der Waals surface area (Å²) in [5, 5.41) is 64.8. The number of aromatic carboxylic acids is 1. The number of nitro benzene ring substituents is 5. The van der Waals surface area contributed by atoms with Crippen LogP contribution in [0.1, 0.15) is 79.6 Å². The number of ether oxygens (including phenoxy) is 4. The molecular weight excluding hydrogens is 1770 g/mol. The predicted octanol–water partition coefficient (Wildman–Crippen LogP) is 22.9. The lowest BCUT2D eigenvalue weighted by Crippen LogP contribution is -2.13. The van der Waals surface area contributed by atoms with Gasteiger partial charge in [0.2, 0.25) is 0 Å². The van der Waals surface area contributed by atoms with E-state index in [2.05, 4.69) is 45.3 Å². The Kier molecular flexibility index (Phi) is 38.7. The van der Waals surface area contributed by atoms with Crippen LogP contribution in [0.2, 0.25) is 0 Å². The topological polar surface area (TPSA) is 396 Å². The summed E-state index contributed by atoms with van der Waals surface area (Å²) in [5.41, 5.74) is 13.3. The zero-order chi connectivity index (χ0) is 88.3. The number of carboxylic acid groups (broad SMARTS) is 1. The van der Waals surface area contributed by atoms with Gasteiger partial charge in [-0.3, -0.25) is 60.2 Å². The van der Waals surface area contributed by atoms with Crippen molar-refractivity contribution in [2.45, 2.75) is 78.7 Å². The highest BCUT2D eigenvalue weighted by Gasteiger charge is 2.21. The summed E-state index contributed by atoms with van der Waals surface area (Å²) in [6.07, 6.45) is 0. The van der Waals surface area contributed by atoms with Crippen molar-refractivity contribution in [3.05, 3.63) is 371 Å². The fraction of sp³-hybridized carbons (Fsp3) is 0.105. The molecule has 12 aromatic carbocycles. The maximum absolute atomic E-state index is 12.9. The second-order valence-corrected chi connectivity index (χ2v) is 30.7. The summed E-state index contributed by atoms with van der Waals surface area (Å²) >= 11 is 17.2. The van der Waals surface area contributed by atoms with Crippen molar-refractivity contribution >= 4 is 163 Å². The number of anilines is 2. The SMILES string of the molecule is COC(=O)c1ccccc1S.COC(=O)c1ccccc1Sc1ccc([N+](=O)[O-])cc1C.COc1ccccc1N.COc1ccccc1NC(=O)c1ccccc1Sc1ccc([N+](=O)[O-])cc1C.Cc1cc([N+](=O)[O-])ccc1I.Cc1cc([N+](=O)[O-])ccc1Sc1ccccc1C(=O)Cl.Cc1cc([N+](=O)[O-])ccc1Sc1ccccc1C(=O)O. The van der Waals surface area contributed by atoms with E-state index in [-0.39, 0.29) is 50.8 Å². The summed E-state index contributed by atoms with van der Waals surface area (Å²) in [5.74, 6) is -0.696. The number of nitrogen functional groups attached to an aromatic ring is 1. The van der Waals surface area contributed by atoms with Crippen LogP contribution in [0, 0.1) is 88.8 Å². The van der Waals surface area contributed by atoms with Crippen LogP contribution in [-0.4, -0.2) is 87.2 Å². The summed E-state index contributed by atoms with van der Waals surface area (Å²) in [4.78, 5) is 116. The normalized spacial score (nSPS) is 10.0. The maximum Gasteiger partial charge on any atom is 0.339 e. The van der Waals surface area contributed by atoms with Crippen LogP contribution in [0.5, 0.6) is 11.5 Å². The van der Waals surface area contributed by atoms with Crippen molar-refractivity contribution in [2.75, 3.05) is 39.5 Å². The highest BCUT2D eigenvalue weighted by molar-refractivity contribution is 14.1. The Hall–Kier alpha value is -12.6. The number of nitrogens with zero attached hydrogens (tertiary/aromatic N) is 5. The van der Waals surface area contributed by atoms with E-state index in [9.17, 15) is 74.5 Å². The van der Waals surface area contributed by atoms with Crippen LogP contribution >= 0.6 is 93.9 Å². The number of carboxylic acids is 1. The summed E-state index contributed by atoms with van der Waals surface area (Å²) in [6.45, 7) is 9.02. The van der Waals surface area contributed by atoms with E-state index in [0.29, 0.717) is 49.2 Å². The van der Waals surface area contributed by atoms with Crippen LogP contribution in [0.15, 0.2) is 305 Å². The van der Waals surface area contributed by atoms with Gasteiger partial charge in [-0.15, -0.1) is 12.6 Å². The van der Waals surface area contributed by atoms with Crippen molar-refractivity contribution in [3.63, 3.8) is 0 Å².